The van der Waals surface area contributed by atoms with Crippen LogP contribution in [0, 0.1) is 5.92 Å². The molecule has 0 spiro atoms. The second-order valence-electron chi connectivity index (χ2n) is 5.90. The third kappa shape index (κ3) is 2.84. The van der Waals surface area contributed by atoms with E-state index in [4.69, 9.17) is 10.1 Å². The van der Waals surface area contributed by atoms with Crippen LogP contribution in [-0.4, -0.2) is 27.0 Å². The number of fused-ring (bicyclic) bond motifs is 3. The van der Waals surface area contributed by atoms with Gasteiger partial charge in [0, 0.05) is 23.8 Å². The predicted molar refractivity (Wildman–Crippen MR) is 93.2 cm³/mol. The highest BCUT2D eigenvalue weighted by Gasteiger charge is 2.24. The van der Waals surface area contributed by atoms with Crippen molar-refractivity contribution in [3.8, 4) is 0 Å². The van der Waals surface area contributed by atoms with Crippen molar-refractivity contribution in [2.24, 2.45) is 5.92 Å². The summed E-state index contributed by atoms with van der Waals surface area (Å²) in [4.78, 5) is 19.9. The normalized spacial score (nSPS) is 17.9. The van der Waals surface area contributed by atoms with E-state index in [1.54, 1.807) is 27.7 Å². The summed E-state index contributed by atoms with van der Waals surface area (Å²) in [5.41, 5.74) is 1.37. The maximum atomic E-state index is 12.9. The average Bonchev–Trinajstić information content (AvgIpc) is 2.85. The molecule has 2 heterocycles. The highest BCUT2D eigenvalue weighted by atomic mass is 32.2. The van der Waals surface area contributed by atoms with Gasteiger partial charge in [-0.05, 0) is 44.1 Å². The van der Waals surface area contributed by atoms with Crippen LogP contribution >= 0.6 is 23.1 Å². The van der Waals surface area contributed by atoms with E-state index in [2.05, 4.69) is 6.92 Å². The molecule has 0 saturated carbocycles. The molecule has 22 heavy (non-hydrogen) atoms. The van der Waals surface area contributed by atoms with Gasteiger partial charge < -0.3 is 5.11 Å². The smallest absolute Gasteiger partial charge is 0.263 e. The number of thiophene rings is 1. The van der Waals surface area contributed by atoms with Gasteiger partial charge in [-0.15, -0.1) is 11.3 Å². The number of rotatable bonds is 5. The van der Waals surface area contributed by atoms with Crippen LogP contribution in [-0.2, 0) is 19.4 Å². The highest BCUT2D eigenvalue weighted by molar-refractivity contribution is 7.99. The van der Waals surface area contributed by atoms with Gasteiger partial charge in [-0.1, -0.05) is 18.7 Å². The molecule has 120 valence electrons. The number of aromatic nitrogens is 2. The van der Waals surface area contributed by atoms with Crippen molar-refractivity contribution in [3.05, 3.63) is 20.8 Å². The Morgan fingerprint density at radius 1 is 1.50 bits per heavy atom. The van der Waals surface area contributed by atoms with Gasteiger partial charge >= 0.3 is 0 Å². The summed E-state index contributed by atoms with van der Waals surface area (Å²) in [5, 5.41) is 10.6. The lowest BCUT2D eigenvalue weighted by Crippen LogP contribution is -2.23. The van der Waals surface area contributed by atoms with E-state index in [1.807, 2.05) is 6.92 Å². The van der Waals surface area contributed by atoms with E-state index in [0.717, 1.165) is 46.8 Å². The maximum absolute atomic E-state index is 12.9. The molecule has 0 aromatic carbocycles. The molecule has 0 fully saturated rings. The Morgan fingerprint density at radius 2 is 2.32 bits per heavy atom. The molecule has 0 aliphatic heterocycles. The zero-order valence-electron chi connectivity index (χ0n) is 13.1. The molecular weight excluding hydrogens is 316 g/mol. The second kappa shape index (κ2) is 6.72. The summed E-state index contributed by atoms with van der Waals surface area (Å²) in [6.45, 7) is 5.09. The van der Waals surface area contributed by atoms with Gasteiger partial charge in [0.05, 0.1) is 5.39 Å². The molecule has 2 aromatic heterocycles. The third-order valence-electron chi connectivity index (χ3n) is 4.23. The van der Waals surface area contributed by atoms with Crippen LogP contribution in [0.25, 0.3) is 10.2 Å². The Hall–Kier alpha value is -0.850. The van der Waals surface area contributed by atoms with Crippen molar-refractivity contribution in [3.63, 3.8) is 0 Å². The lowest BCUT2D eigenvalue weighted by atomic mass is 9.89. The first kappa shape index (κ1) is 16.0. The Kier molecular flexibility index (Phi) is 4.90. The van der Waals surface area contributed by atoms with Crippen LogP contribution in [0.5, 0.6) is 0 Å². The number of hydrogen-bond acceptors (Lipinski definition) is 5. The van der Waals surface area contributed by atoms with E-state index in [0.29, 0.717) is 12.5 Å². The first-order chi connectivity index (χ1) is 10.7. The number of aliphatic hydroxyl groups is 1. The van der Waals surface area contributed by atoms with Crippen molar-refractivity contribution in [2.45, 2.75) is 51.2 Å². The Labute approximate surface area is 138 Å². The maximum Gasteiger partial charge on any atom is 0.263 e. The highest BCUT2D eigenvalue weighted by Crippen LogP contribution is 2.36. The largest absolute Gasteiger partial charge is 0.396 e. The molecule has 3 rings (SSSR count). The van der Waals surface area contributed by atoms with E-state index < -0.39 is 0 Å². The first-order valence-electron chi connectivity index (χ1n) is 7.94. The topological polar surface area (TPSA) is 55.1 Å². The number of hydrogen-bond donors (Lipinski definition) is 1. The van der Waals surface area contributed by atoms with Crippen LogP contribution in [0.1, 0.15) is 37.1 Å². The lowest BCUT2D eigenvalue weighted by molar-refractivity contribution is 0.296. The molecule has 0 saturated heterocycles. The molecule has 6 heteroatoms. The van der Waals surface area contributed by atoms with Gasteiger partial charge in [-0.3, -0.25) is 9.36 Å². The monoisotopic (exact) mass is 338 g/mol. The SMILES string of the molecule is CCn1c(SCCCO)nc2sc3c(c2c1=O)CCC(C)C3. The van der Waals surface area contributed by atoms with Crippen molar-refractivity contribution in [1.82, 2.24) is 9.55 Å². The van der Waals surface area contributed by atoms with E-state index in [1.165, 1.54) is 10.4 Å². The zero-order valence-corrected chi connectivity index (χ0v) is 14.7. The van der Waals surface area contributed by atoms with E-state index in [9.17, 15) is 4.79 Å². The van der Waals surface area contributed by atoms with Gasteiger partial charge in [0.1, 0.15) is 4.83 Å². The van der Waals surface area contributed by atoms with Gasteiger partial charge in [-0.2, -0.15) is 0 Å². The van der Waals surface area contributed by atoms with Crippen molar-refractivity contribution in [1.29, 1.82) is 0 Å². The van der Waals surface area contributed by atoms with Crippen LogP contribution in [0.15, 0.2) is 9.95 Å². The van der Waals surface area contributed by atoms with Crippen LogP contribution < -0.4 is 5.56 Å². The standard InChI is InChI=1S/C16H22N2O2S2/c1-3-18-15(20)13-11-6-5-10(2)9-12(11)22-14(13)17-16(18)21-8-4-7-19/h10,19H,3-9H2,1-2H3. The summed E-state index contributed by atoms with van der Waals surface area (Å²) >= 11 is 3.27. The van der Waals surface area contributed by atoms with Crippen LogP contribution in [0.2, 0.25) is 0 Å². The minimum Gasteiger partial charge on any atom is -0.396 e. The molecule has 1 aliphatic carbocycles. The fourth-order valence-electron chi connectivity index (χ4n) is 3.02. The molecular formula is C16H22N2O2S2. The van der Waals surface area contributed by atoms with E-state index >= 15 is 0 Å². The predicted octanol–water partition coefficient (Wildman–Crippen LogP) is 3.08. The average molecular weight is 338 g/mol. The number of nitrogens with zero attached hydrogens (tertiary/aromatic N) is 2. The molecule has 4 nitrogen and oxygen atoms in total. The summed E-state index contributed by atoms with van der Waals surface area (Å²) in [6, 6.07) is 0. The molecule has 0 bridgehead atoms. The second-order valence-corrected chi connectivity index (χ2v) is 8.05. The number of aryl methyl sites for hydroxylation is 1. The Balaban J connectivity index is 2.10. The lowest BCUT2D eigenvalue weighted by Gasteiger charge is -2.17. The molecule has 1 unspecified atom stereocenters. The van der Waals surface area contributed by atoms with Crippen molar-refractivity contribution < 1.29 is 5.11 Å². The van der Waals surface area contributed by atoms with Crippen LogP contribution in [0.4, 0.5) is 0 Å². The van der Waals surface area contributed by atoms with Gasteiger partial charge in [-0.25, -0.2) is 4.98 Å². The van der Waals surface area contributed by atoms with E-state index in [-0.39, 0.29) is 12.2 Å². The summed E-state index contributed by atoms with van der Waals surface area (Å²) < 4.78 is 1.79. The van der Waals surface area contributed by atoms with Gasteiger partial charge in [0.15, 0.2) is 5.16 Å². The fourth-order valence-corrected chi connectivity index (χ4v) is 5.43. The molecule has 2 aromatic rings. The molecule has 1 atom stereocenters. The van der Waals surface area contributed by atoms with Crippen LogP contribution in [0.3, 0.4) is 0 Å². The Bertz CT molecular complexity index is 736. The van der Waals surface area contributed by atoms with Gasteiger partial charge in [0.2, 0.25) is 0 Å². The van der Waals surface area contributed by atoms with Gasteiger partial charge in [0.25, 0.3) is 5.56 Å². The quantitative estimate of drug-likeness (QED) is 0.517. The molecule has 1 aliphatic rings. The Morgan fingerprint density at radius 3 is 3.05 bits per heavy atom. The summed E-state index contributed by atoms with van der Waals surface area (Å²) in [7, 11) is 0. The summed E-state index contributed by atoms with van der Waals surface area (Å²) in [5.74, 6) is 1.49. The summed E-state index contributed by atoms with van der Waals surface area (Å²) in [6.07, 6.45) is 3.97. The number of thioether (sulfide) groups is 1. The molecule has 0 amide bonds. The minimum absolute atomic E-state index is 0.117. The molecule has 0 radical (unpaired) electrons. The fraction of sp³-hybridized carbons (Fsp3) is 0.625. The number of aliphatic hydroxyl groups excluding tert-OH is 1. The third-order valence-corrected chi connectivity index (χ3v) is 6.44. The van der Waals surface area contributed by atoms with Crippen molar-refractivity contribution in [2.75, 3.05) is 12.4 Å². The zero-order chi connectivity index (χ0) is 15.7. The van der Waals surface area contributed by atoms with Crippen molar-refractivity contribution >= 4 is 33.3 Å². The molecule has 1 N–H and O–H groups in total. The minimum atomic E-state index is 0.117. The first-order valence-corrected chi connectivity index (χ1v) is 9.74.